The van der Waals surface area contributed by atoms with Gasteiger partial charge in [0.2, 0.25) is 0 Å². The van der Waals surface area contributed by atoms with E-state index in [9.17, 15) is 0 Å². The molecule has 0 unspecified atom stereocenters. The van der Waals surface area contributed by atoms with Crippen molar-refractivity contribution >= 4 is 0 Å². The van der Waals surface area contributed by atoms with Crippen LogP contribution >= 0.6 is 0 Å². The third kappa shape index (κ3) is 28.1. The van der Waals surface area contributed by atoms with Crippen LogP contribution in [0.4, 0.5) is 0 Å². The SMILES string of the molecule is C.Cc1cc(C(C)C)cc(C)c1C.Cc1cc(C)c(C(C)C)c(C)c1.Cc1cc(C)c(C(C)C)cc1C.Cc1cc(C)c(C(C)C)cc1C.Cc1cc(C)c(C)c(C(C)C)c1.Cc1ccc(C(C)C)c(C)c1C.Cc1ccc(C)c(C(C)C)c1C.Cc1ccc(C)c(C(C)C)c1C. The van der Waals surface area contributed by atoms with Gasteiger partial charge in [0.1, 0.15) is 0 Å². The highest BCUT2D eigenvalue weighted by atomic mass is 14.2. The van der Waals surface area contributed by atoms with Gasteiger partial charge < -0.3 is 0 Å². The number of benzene rings is 8. The van der Waals surface area contributed by atoms with Crippen LogP contribution in [-0.4, -0.2) is 0 Å². The van der Waals surface area contributed by atoms with Crippen LogP contribution in [0.15, 0.2) is 97.1 Å². The molecule has 0 heteroatoms. The number of hydrogen-bond donors (Lipinski definition) is 0. The highest BCUT2D eigenvalue weighted by molar-refractivity contribution is 5.45. The molecular formula is C97H148. The van der Waals surface area contributed by atoms with Crippen molar-refractivity contribution in [3.8, 4) is 0 Å². The van der Waals surface area contributed by atoms with Gasteiger partial charge in [0.25, 0.3) is 0 Å². The minimum Gasteiger partial charge on any atom is -0.0776 e. The van der Waals surface area contributed by atoms with E-state index in [0.717, 1.165) is 0 Å². The molecule has 0 aliphatic heterocycles. The summed E-state index contributed by atoms with van der Waals surface area (Å²) in [6.45, 7) is 88.6. The normalized spacial score (nSPS) is 10.7. The Hall–Kier alpha value is -6.24. The van der Waals surface area contributed by atoms with Crippen molar-refractivity contribution in [2.75, 3.05) is 0 Å². The van der Waals surface area contributed by atoms with E-state index in [1.54, 1.807) is 0 Å². The van der Waals surface area contributed by atoms with Crippen molar-refractivity contribution in [2.45, 2.75) is 332 Å². The average molecular weight is 1310 g/mol. The van der Waals surface area contributed by atoms with E-state index in [2.05, 4.69) is 374 Å². The predicted octanol–water partition coefficient (Wildman–Crippen LogP) is 30.5. The maximum absolute atomic E-state index is 2.31. The maximum atomic E-state index is 2.31. The Kier molecular flexibility index (Phi) is 39.3. The lowest BCUT2D eigenvalue weighted by Crippen LogP contribution is -1.97. The van der Waals surface area contributed by atoms with E-state index in [-0.39, 0.29) is 7.43 Å². The maximum Gasteiger partial charge on any atom is -0.0213 e. The van der Waals surface area contributed by atoms with Gasteiger partial charge in [-0.05, 0) is 380 Å². The third-order valence-electron chi connectivity index (χ3n) is 20.3. The van der Waals surface area contributed by atoms with Crippen LogP contribution in [0.3, 0.4) is 0 Å². The largest absolute Gasteiger partial charge is 0.0776 e. The summed E-state index contributed by atoms with van der Waals surface area (Å²) in [5.41, 5.74) is 46.1. The molecule has 0 saturated carbocycles. The standard InChI is InChI=1S/8C12H18.CH4/c1-8(2)12-6-9(3)11(5)10(4)7-12;2*1-8(2)12-7-10(4)9(3)6-11(12)5;1-8(2)12-7-9(3)6-10(4)11(12)5;1-8(2)12-10(4)6-9(3)7-11(12)5;1-8(2)12-7-6-9(3)10(4)11(12)5;2*1-8(2)12-10(4)7-6-9(3)11(12)5;/h8*6-8H,1-5H3;1H4. The van der Waals surface area contributed by atoms with Gasteiger partial charge in [0.15, 0.2) is 0 Å². The Morgan fingerprint density at radius 1 is 0.165 bits per heavy atom. The van der Waals surface area contributed by atoms with Crippen LogP contribution in [0, 0.1) is 166 Å². The van der Waals surface area contributed by atoms with Gasteiger partial charge in [-0.15, -0.1) is 0 Å². The summed E-state index contributed by atoms with van der Waals surface area (Å²) in [6.07, 6.45) is 0. The highest BCUT2D eigenvalue weighted by Crippen LogP contribution is 2.30. The van der Waals surface area contributed by atoms with Crippen LogP contribution in [0.2, 0.25) is 0 Å². The van der Waals surface area contributed by atoms with Crippen molar-refractivity contribution < 1.29 is 0 Å². The fourth-order valence-corrected chi connectivity index (χ4v) is 13.7. The molecule has 0 bridgehead atoms. The topological polar surface area (TPSA) is 0 Å². The molecule has 0 aliphatic carbocycles. The van der Waals surface area contributed by atoms with E-state index in [0.29, 0.717) is 47.3 Å². The zero-order valence-electron chi connectivity index (χ0n) is 69.9. The second-order valence-corrected chi connectivity index (χ2v) is 31.4. The van der Waals surface area contributed by atoms with Crippen molar-refractivity contribution in [2.24, 2.45) is 0 Å². The highest BCUT2D eigenvalue weighted by Gasteiger charge is 2.13. The number of rotatable bonds is 8. The van der Waals surface area contributed by atoms with Crippen molar-refractivity contribution in [1.29, 1.82) is 0 Å². The first-order chi connectivity index (χ1) is 44.2. The van der Waals surface area contributed by atoms with Crippen LogP contribution < -0.4 is 0 Å². The molecule has 0 heterocycles. The summed E-state index contributed by atoms with van der Waals surface area (Å²) in [6, 6.07) is 36.2. The zero-order valence-corrected chi connectivity index (χ0v) is 69.9. The first-order valence-corrected chi connectivity index (χ1v) is 36.8. The molecule has 0 N–H and O–H groups in total. The Balaban J connectivity index is 0.00000108. The Labute approximate surface area is 603 Å². The zero-order chi connectivity index (χ0) is 74.4. The quantitative estimate of drug-likeness (QED) is 0.142. The molecule has 0 aromatic heterocycles. The summed E-state index contributed by atoms with van der Waals surface area (Å²) in [7, 11) is 0. The summed E-state index contributed by atoms with van der Waals surface area (Å²) >= 11 is 0. The molecule has 0 atom stereocenters. The average Bonchev–Trinajstić information content (AvgIpc) is 1.09. The fraction of sp³-hybridized carbons (Fsp3) is 0.505. The minimum absolute atomic E-state index is 0. The van der Waals surface area contributed by atoms with Crippen molar-refractivity contribution in [3.05, 3.63) is 275 Å². The number of aryl methyl sites for hydroxylation is 18. The second kappa shape index (κ2) is 42.0. The lowest BCUT2D eigenvalue weighted by molar-refractivity contribution is 0.843. The van der Waals surface area contributed by atoms with Crippen molar-refractivity contribution in [1.82, 2.24) is 0 Å². The molecule has 0 fully saturated rings. The van der Waals surface area contributed by atoms with Gasteiger partial charge in [-0.3, -0.25) is 0 Å². The molecule has 97 heavy (non-hydrogen) atoms. The molecule has 0 saturated heterocycles. The first-order valence-electron chi connectivity index (χ1n) is 36.8. The lowest BCUT2D eigenvalue weighted by Gasteiger charge is -2.15. The Morgan fingerprint density at radius 2 is 0.454 bits per heavy atom. The predicted molar refractivity (Wildman–Crippen MR) is 445 cm³/mol. The van der Waals surface area contributed by atoms with Crippen LogP contribution in [0.1, 0.15) is 344 Å². The molecule has 536 valence electrons. The number of hydrogen-bond acceptors (Lipinski definition) is 0. The summed E-state index contributed by atoms with van der Waals surface area (Å²) < 4.78 is 0. The van der Waals surface area contributed by atoms with Gasteiger partial charge in [-0.1, -0.05) is 226 Å². The Bertz CT molecular complexity index is 3560. The molecule has 8 aromatic carbocycles. The van der Waals surface area contributed by atoms with Crippen molar-refractivity contribution in [3.63, 3.8) is 0 Å². The van der Waals surface area contributed by atoms with Crippen LogP contribution in [0.25, 0.3) is 0 Å². The van der Waals surface area contributed by atoms with Gasteiger partial charge in [-0.2, -0.15) is 0 Å². The molecular weight excluding hydrogens is 1170 g/mol. The fourth-order valence-electron chi connectivity index (χ4n) is 13.7. The first kappa shape index (κ1) is 90.8. The smallest absolute Gasteiger partial charge is 0.0213 e. The summed E-state index contributed by atoms with van der Waals surface area (Å²) in [5.74, 6) is 5.14. The van der Waals surface area contributed by atoms with Crippen LogP contribution in [-0.2, 0) is 0 Å². The third-order valence-corrected chi connectivity index (χ3v) is 20.3. The summed E-state index contributed by atoms with van der Waals surface area (Å²) in [5, 5.41) is 0. The molecule has 0 aliphatic rings. The van der Waals surface area contributed by atoms with Gasteiger partial charge in [0, 0.05) is 0 Å². The molecule has 0 radical (unpaired) electrons. The monoisotopic (exact) mass is 1310 g/mol. The van der Waals surface area contributed by atoms with Gasteiger partial charge in [-0.25, -0.2) is 0 Å². The molecule has 0 nitrogen and oxygen atoms in total. The van der Waals surface area contributed by atoms with E-state index in [1.165, 1.54) is 178 Å². The van der Waals surface area contributed by atoms with E-state index >= 15 is 0 Å². The molecule has 8 rings (SSSR count). The van der Waals surface area contributed by atoms with E-state index < -0.39 is 0 Å². The summed E-state index contributed by atoms with van der Waals surface area (Å²) in [4.78, 5) is 0. The van der Waals surface area contributed by atoms with E-state index in [4.69, 9.17) is 0 Å². The van der Waals surface area contributed by atoms with Crippen LogP contribution in [0.5, 0.6) is 0 Å². The lowest BCUT2D eigenvalue weighted by atomic mass is 9.91. The molecule has 8 aromatic rings. The van der Waals surface area contributed by atoms with E-state index in [1.807, 2.05) is 0 Å². The Morgan fingerprint density at radius 3 is 0.773 bits per heavy atom. The molecule has 0 spiro atoms. The molecule has 0 amide bonds. The minimum atomic E-state index is 0. The second-order valence-electron chi connectivity index (χ2n) is 31.4. The van der Waals surface area contributed by atoms with Gasteiger partial charge in [0.05, 0.1) is 0 Å². The van der Waals surface area contributed by atoms with Gasteiger partial charge >= 0.3 is 0 Å².